The summed E-state index contributed by atoms with van der Waals surface area (Å²) in [6.45, 7) is 0.663. The number of carbonyl (C=O) groups is 1. The fourth-order valence-electron chi connectivity index (χ4n) is 1.65. The number of fused-ring (bicyclic) bond motifs is 1. The molecule has 0 fully saturated rings. The molecule has 1 heterocycles. The summed E-state index contributed by atoms with van der Waals surface area (Å²) in [6, 6.07) is 5.56. The molecule has 0 spiro atoms. The Morgan fingerprint density at radius 2 is 2.31 bits per heavy atom. The number of amides is 1. The lowest BCUT2D eigenvalue weighted by atomic mass is 10.2. The van der Waals surface area contributed by atoms with Crippen molar-refractivity contribution in [3.63, 3.8) is 0 Å². The highest BCUT2D eigenvalue weighted by molar-refractivity contribution is 9.10. The first-order valence-corrected chi connectivity index (χ1v) is 5.85. The highest BCUT2D eigenvalue weighted by Gasteiger charge is 2.24. The molecule has 0 bridgehead atoms. The van der Waals surface area contributed by atoms with Gasteiger partial charge in [0.05, 0.1) is 5.69 Å². The van der Waals surface area contributed by atoms with Gasteiger partial charge in [-0.1, -0.05) is 15.9 Å². The second-order valence-corrected chi connectivity index (χ2v) is 4.44. The van der Waals surface area contributed by atoms with Gasteiger partial charge in [0.2, 0.25) is 0 Å². The van der Waals surface area contributed by atoms with Crippen molar-refractivity contribution in [2.45, 2.75) is 6.42 Å². The standard InChI is InChI=1S/C11H12BrNO3/c12-8-2-3-10-9(6-8)13(4-1-5-14)11(15)7-16-10/h2-3,6,14H,1,4-5,7H2. The van der Waals surface area contributed by atoms with E-state index in [1.165, 1.54) is 0 Å². The van der Waals surface area contributed by atoms with Crippen LogP contribution in [0.5, 0.6) is 5.75 Å². The molecule has 0 unspecified atom stereocenters. The van der Waals surface area contributed by atoms with E-state index in [1.807, 2.05) is 18.2 Å². The molecule has 5 heteroatoms. The highest BCUT2D eigenvalue weighted by Crippen LogP contribution is 2.34. The molecule has 1 aliphatic heterocycles. The topological polar surface area (TPSA) is 49.8 Å². The number of rotatable bonds is 3. The molecule has 0 atom stereocenters. The van der Waals surface area contributed by atoms with Crippen LogP contribution in [0.4, 0.5) is 5.69 Å². The predicted octanol–water partition coefficient (Wildman–Crippen LogP) is 1.56. The number of halogens is 1. The third-order valence-corrected chi connectivity index (χ3v) is 2.90. The molecule has 0 aromatic heterocycles. The molecular weight excluding hydrogens is 274 g/mol. The van der Waals surface area contributed by atoms with Crippen molar-refractivity contribution < 1.29 is 14.6 Å². The number of nitrogens with zero attached hydrogens (tertiary/aromatic N) is 1. The molecule has 1 aliphatic rings. The van der Waals surface area contributed by atoms with Gasteiger partial charge in [0, 0.05) is 17.6 Å². The summed E-state index contributed by atoms with van der Waals surface area (Å²) in [5.74, 6) is 0.639. The van der Waals surface area contributed by atoms with Crippen LogP contribution in [0.3, 0.4) is 0 Å². The molecule has 1 aromatic carbocycles. The summed E-state index contributed by atoms with van der Waals surface area (Å²) in [6.07, 6.45) is 0.567. The van der Waals surface area contributed by atoms with Crippen molar-refractivity contribution in [1.29, 1.82) is 0 Å². The Hall–Kier alpha value is -1.07. The summed E-state index contributed by atoms with van der Waals surface area (Å²) in [5.41, 5.74) is 0.763. The average molecular weight is 286 g/mol. The summed E-state index contributed by atoms with van der Waals surface area (Å²) in [5, 5.41) is 8.81. The Bertz CT molecular complexity index is 408. The molecule has 0 saturated carbocycles. The van der Waals surface area contributed by atoms with Gasteiger partial charge in [0.25, 0.3) is 5.91 Å². The van der Waals surface area contributed by atoms with Crippen molar-refractivity contribution >= 4 is 27.5 Å². The molecule has 86 valence electrons. The molecule has 16 heavy (non-hydrogen) atoms. The molecule has 0 radical (unpaired) electrons. The van der Waals surface area contributed by atoms with Gasteiger partial charge in [-0.25, -0.2) is 0 Å². The summed E-state index contributed by atoms with van der Waals surface area (Å²) in [7, 11) is 0. The van der Waals surface area contributed by atoms with E-state index in [-0.39, 0.29) is 19.1 Å². The number of hydrogen-bond donors (Lipinski definition) is 1. The number of hydrogen-bond acceptors (Lipinski definition) is 3. The number of carbonyl (C=O) groups excluding carboxylic acids is 1. The first kappa shape index (κ1) is 11.4. The minimum atomic E-state index is -0.0703. The Morgan fingerprint density at radius 1 is 1.50 bits per heavy atom. The number of benzene rings is 1. The Morgan fingerprint density at radius 3 is 3.06 bits per heavy atom. The van der Waals surface area contributed by atoms with E-state index in [0.29, 0.717) is 18.7 Å². The fraction of sp³-hybridized carbons (Fsp3) is 0.364. The number of aliphatic hydroxyl groups is 1. The first-order chi connectivity index (χ1) is 7.72. The Labute approximate surface area is 102 Å². The molecule has 1 aromatic rings. The minimum Gasteiger partial charge on any atom is -0.482 e. The normalized spacial score (nSPS) is 14.6. The minimum absolute atomic E-state index is 0.0695. The molecule has 1 N–H and O–H groups in total. The Balaban J connectivity index is 2.31. The van der Waals surface area contributed by atoms with E-state index in [4.69, 9.17) is 9.84 Å². The van der Waals surface area contributed by atoms with Gasteiger partial charge < -0.3 is 14.7 Å². The second-order valence-electron chi connectivity index (χ2n) is 3.52. The third-order valence-electron chi connectivity index (χ3n) is 2.40. The van der Waals surface area contributed by atoms with E-state index in [0.717, 1.165) is 10.2 Å². The quantitative estimate of drug-likeness (QED) is 0.917. The number of aliphatic hydroxyl groups excluding tert-OH is 1. The summed E-state index contributed by atoms with van der Waals surface area (Å²) in [4.78, 5) is 13.3. The van der Waals surface area contributed by atoms with Gasteiger partial charge in [-0.3, -0.25) is 4.79 Å². The zero-order valence-corrected chi connectivity index (χ0v) is 10.2. The van der Waals surface area contributed by atoms with Crippen LogP contribution in [-0.2, 0) is 4.79 Å². The van der Waals surface area contributed by atoms with Crippen LogP contribution in [0.15, 0.2) is 22.7 Å². The molecular formula is C11H12BrNO3. The largest absolute Gasteiger partial charge is 0.482 e. The van der Waals surface area contributed by atoms with E-state index in [9.17, 15) is 4.79 Å². The SMILES string of the molecule is O=C1COc2ccc(Br)cc2N1CCCO. The van der Waals surface area contributed by atoms with Gasteiger partial charge in [0.15, 0.2) is 6.61 Å². The monoisotopic (exact) mass is 285 g/mol. The van der Waals surface area contributed by atoms with Crippen LogP contribution < -0.4 is 9.64 Å². The maximum Gasteiger partial charge on any atom is 0.265 e. The van der Waals surface area contributed by atoms with Gasteiger partial charge in [-0.15, -0.1) is 0 Å². The van der Waals surface area contributed by atoms with E-state index < -0.39 is 0 Å². The summed E-state index contributed by atoms with van der Waals surface area (Å²) < 4.78 is 6.23. The van der Waals surface area contributed by atoms with Crippen LogP contribution in [0.25, 0.3) is 0 Å². The lowest BCUT2D eigenvalue weighted by Gasteiger charge is -2.29. The maximum absolute atomic E-state index is 11.7. The maximum atomic E-state index is 11.7. The smallest absolute Gasteiger partial charge is 0.265 e. The molecule has 4 nitrogen and oxygen atoms in total. The lowest BCUT2D eigenvalue weighted by Crippen LogP contribution is -2.39. The average Bonchev–Trinajstić information content (AvgIpc) is 2.28. The zero-order valence-electron chi connectivity index (χ0n) is 8.65. The van der Waals surface area contributed by atoms with E-state index in [1.54, 1.807) is 4.90 Å². The number of anilines is 1. The lowest BCUT2D eigenvalue weighted by molar-refractivity contribution is -0.121. The molecule has 0 aliphatic carbocycles. The fourth-order valence-corrected chi connectivity index (χ4v) is 2.00. The summed E-state index contributed by atoms with van der Waals surface area (Å²) >= 11 is 3.36. The van der Waals surface area contributed by atoms with Crippen molar-refractivity contribution in [1.82, 2.24) is 0 Å². The highest BCUT2D eigenvalue weighted by atomic mass is 79.9. The van der Waals surface area contributed by atoms with Crippen LogP contribution >= 0.6 is 15.9 Å². The van der Waals surface area contributed by atoms with Crippen molar-refractivity contribution in [2.75, 3.05) is 24.7 Å². The molecule has 0 saturated heterocycles. The third kappa shape index (κ3) is 2.20. The van der Waals surface area contributed by atoms with Crippen LogP contribution in [-0.4, -0.2) is 30.8 Å². The Kier molecular flexibility index (Phi) is 3.46. The molecule has 2 rings (SSSR count). The van der Waals surface area contributed by atoms with Crippen molar-refractivity contribution in [3.05, 3.63) is 22.7 Å². The van der Waals surface area contributed by atoms with Crippen LogP contribution in [0.1, 0.15) is 6.42 Å². The zero-order chi connectivity index (χ0) is 11.5. The van der Waals surface area contributed by atoms with Crippen molar-refractivity contribution in [2.24, 2.45) is 0 Å². The van der Waals surface area contributed by atoms with Gasteiger partial charge in [-0.05, 0) is 24.6 Å². The van der Waals surface area contributed by atoms with Gasteiger partial charge >= 0.3 is 0 Å². The van der Waals surface area contributed by atoms with E-state index in [2.05, 4.69) is 15.9 Å². The van der Waals surface area contributed by atoms with E-state index >= 15 is 0 Å². The van der Waals surface area contributed by atoms with Crippen molar-refractivity contribution in [3.8, 4) is 5.75 Å². The van der Waals surface area contributed by atoms with Crippen LogP contribution in [0.2, 0.25) is 0 Å². The first-order valence-electron chi connectivity index (χ1n) is 5.06. The molecule has 1 amide bonds. The van der Waals surface area contributed by atoms with Crippen LogP contribution in [0, 0.1) is 0 Å². The van der Waals surface area contributed by atoms with Gasteiger partial charge in [0.1, 0.15) is 5.75 Å². The predicted molar refractivity (Wildman–Crippen MR) is 63.7 cm³/mol. The number of ether oxygens (including phenoxy) is 1. The second kappa shape index (κ2) is 4.84. The van der Waals surface area contributed by atoms with Gasteiger partial charge in [-0.2, -0.15) is 0 Å².